The van der Waals surface area contributed by atoms with Crippen LogP contribution in [-0.2, 0) is 20.8 Å². The number of hydrogen-bond acceptors (Lipinski definition) is 6. The van der Waals surface area contributed by atoms with Crippen LogP contribution in [0.4, 0.5) is 4.79 Å². The molecule has 1 heterocycles. The van der Waals surface area contributed by atoms with Crippen LogP contribution in [0.3, 0.4) is 0 Å². The molecule has 2 rings (SSSR count). The molecular weight excluding hydrogens is 446 g/mol. The Bertz CT molecular complexity index is 867. The Kier molecular flexibility index (Phi) is 8.72. The van der Waals surface area contributed by atoms with Crippen LogP contribution in [0.1, 0.15) is 38.7 Å². The number of nitrogens with one attached hydrogen (secondary N) is 2. The number of phenols is 1. The molecule has 3 atom stereocenters. The number of rotatable bonds is 7. The van der Waals surface area contributed by atoms with E-state index in [0.29, 0.717) is 24.9 Å². The summed E-state index contributed by atoms with van der Waals surface area (Å²) in [6.45, 7) is 3.41. The second-order valence-corrected chi connectivity index (χ2v) is 9.07. The maximum atomic E-state index is 12.6. The van der Waals surface area contributed by atoms with Crippen molar-refractivity contribution in [3.63, 3.8) is 0 Å². The molecule has 9 nitrogen and oxygen atoms in total. The van der Waals surface area contributed by atoms with Crippen molar-refractivity contribution in [2.75, 3.05) is 12.3 Å². The summed E-state index contributed by atoms with van der Waals surface area (Å²) in [5.74, 6) is -0.761. The Morgan fingerprint density at radius 2 is 2.03 bits per heavy atom. The number of benzene rings is 1. The van der Waals surface area contributed by atoms with E-state index in [9.17, 15) is 29.4 Å². The topological polar surface area (TPSA) is 133 Å². The third-order valence-electron chi connectivity index (χ3n) is 5.24. The van der Waals surface area contributed by atoms with Crippen LogP contribution in [-0.4, -0.2) is 62.2 Å². The third kappa shape index (κ3) is 6.59. The lowest BCUT2D eigenvalue weighted by Crippen LogP contribution is -2.64. The summed E-state index contributed by atoms with van der Waals surface area (Å²) in [6.07, 6.45) is 0.461. The van der Waals surface area contributed by atoms with Crippen molar-refractivity contribution in [1.82, 2.24) is 10.7 Å². The summed E-state index contributed by atoms with van der Waals surface area (Å²) in [7, 11) is 0. The summed E-state index contributed by atoms with van der Waals surface area (Å²) in [5, 5.41) is 21.5. The second kappa shape index (κ2) is 10.8. The highest BCUT2D eigenvalue weighted by atomic mass is 35.5. The van der Waals surface area contributed by atoms with Crippen LogP contribution in [0.5, 0.6) is 5.75 Å². The highest BCUT2D eigenvalue weighted by Gasteiger charge is 2.48. The molecule has 11 heteroatoms. The van der Waals surface area contributed by atoms with Crippen molar-refractivity contribution in [3.8, 4) is 5.75 Å². The molecule has 1 aliphatic rings. The van der Waals surface area contributed by atoms with Crippen LogP contribution in [0.25, 0.3) is 0 Å². The first-order valence-electron chi connectivity index (χ1n) is 9.88. The second-order valence-electron chi connectivity index (χ2n) is 7.56. The molecule has 0 saturated carbocycles. The summed E-state index contributed by atoms with van der Waals surface area (Å²) in [6, 6.07) is 3.47. The fourth-order valence-corrected chi connectivity index (χ4v) is 4.59. The number of aromatic hydroxyl groups is 1. The highest BCUT2D eigenvalue weighted by Crippen LogP contribution is 2.26. The van der Waals surface area contributed by atoms with E-state index in [2.05, 4.69) is 10.7 Å². The van der Waals surface area contributed by atoms with Gasteiger partial charge in [0.05, 0.1) is 5.02 Å². The van der Waals surface area contributed by atoms with Gasteiger partial charge in [-0.1, -0.05) is 29.4 Å². The molecule has 1 saturated heterocycles. The van der Waals surface area contributed by atoms with E-state index in [4.69, 9.17) is 11.6 Å². The number of quaternary nitrogens is 1. The lowest BCUT2D eigenvalue weighted by molar-refractivity contribution is -0.902. The van der Waals surface area contributed by atoms with Crippen molar-refractivity contribution in [3.05, 3.63) is 28.8 Å². The Morgan fingerprint density at radius 3 is 2.58 bits per heavy atom. The number of thioether (sulfide) groups is 1. The van der Waals surface area contributed by atoms with Gasteiger partial charge in [0.25, 0.3) is 5.91 Å². The quantitative estimate of drug-likeness (QED) is 0.448. The normalized spacial score (nSPS) is 21.3. The smallest absolute Gasteiger partial charge is 0.506 e. The number of phenolic OH excluding ortho intramolecular Hbond substituents is 1. The molecule has 31 heavy (non-hydrogen) atoms. The van der Waals surface area contributed by atoms with Gasteiger partial charge in [-0.15, -0.1) is 4.59 Å². The van der Waals surface area contributed by atoms with E-state index < -0.39 is 22.6 Å². The van der Waals surface area contributed by atoms with Gasteiger partial charge < -0.3 is 15.5 Å². The average molecular weight is 473 g/mol. The van der Waals surface area contributed by atoms with Gasteiger partial charge in [-0.2, -0.15) is 10.2 Å². The first kappa shape index (κ1) is 25.0. The van der Waals surface area contributed by atoms with E-state index in [1.165, 1.54) is 19.1 Å². The van der Waals surface area contributed by atoms with Gasteiger partial charge in [-0.3, -0.25) is 14.4 Å². The largest absolute Gasteiger partial charge is 0.539 e. The van der Waals surface area contributed by atoms with Gasteiger partial charge in [-0.05, 0) is 24.6 Å². The van der Waals surface area contributed by atoms with Gasteiger partial charge in [0.1, 0.15) is 24.4 Å². The van der Waals surface area contributed by atoms with E-state index >= 15 is 0 Å². The fraction of sp³-hybridized carbons (Fsp3) is 0.500. The Balaban J connectivity index is 1.92. The summed E-state index contributed by atoms with van der Waals surface area (Å²) in [4.78, 5) is 48.2. The number of carboxylic acid groups (broad SMARTS) is 1. The number of amides is 3. The summed E-state index contributed by atoms with van der Waals surface area (Å²) >= 11 is 6.80. The predicted molar refractivity (Wildman–Crippen MR) is 116 cm³/mol. The Labute approximate surface area is 189 Å². The molecule has 0 spiro atoms. The molecule has 0 aromatic heterocycles. The predicted octanol–water partition coefficient (Wildman–Crippen LogP) is 2.45. The number of carbonyl (C=O) groups is 4. The minimum Gasteiger partial charge on any atom is -0.506 e. The van der Waals surface area contributed by atoms with Gasteiger partial charge in [0.2, 0.25) is 11.0 Å². The van der Waals surface area contributed by atoms with Crippen molar-refractivity contribution in [1.29, 1.82) is 0 Å². The first-order valence-corrected chi connectivity index (χ1v) is 11.2. The van der Waals surface area contributed by atoms with E-state index in [1.54, 1.807) is 13.0 Å². The average Bonchev–Trinajstić information content (AvgIpc) is 3.05. The first-order chi connectivity index (χ1) is 14.5. The van der Waals surface area contributed by atoms with Crippen molar-refractivity contribution in [2.24, 2.45) is 0 Å². The minimum atomic E-state index is -1.10. The molecule has 1 unspecified atom stereocenters. The van der Waals surface area contributed by atoms with Crippen LogP contribution in [0, 0.1) is 0 Å². The van der Waals surface area contributed by atoms with Crippen LogP contribution in [0.15, 0.2) is 18.2 Å². The van der Waals surface area contributed by atoms with Gasteiger partial charge in [0, 0.05) is 38.4 Å². The maximum Gasteiger partial charge on any atom is 0.539 e. The molecule has 0 bridgehead atoms. The molecule has 1 aromatic carbocycles. The summed E-state index contributed by atoms with van der Waals surface area (Å²) in [5.41, 5.74) is 3.25. The third-order valence-corrected chi connectivity index (χ3v) is 6.52. The molecule has 1 aliphatic heterocycles. The number of halogens is 1. The molecular formula is C20H27ClN3O6S+. The molecule has 1 fully saturated rings. The Morgan fingerprint density at radius 1 is 1.32 bits per heavy atom. The SMILES string of the molecule is CC(=O)N[C@@H](Cc1ccc(O)c(Cl)c1)C(=O)SCCC(=O)N[N+]1(C(=O)O)CCC[C@H]1C. The fourth-order valence-electron chi connectivity index (χ4n) is 3.55. The van der Waals surface area contributed by atoms with Gasteiger partial charge >= 0.3 is 6.09 Å². The molecule has 3 amide bonds. The van der Waals surface area contributed by atoms with Crippen LogP contribution < -0.4 is 10.7 Å². The van der Waals surface area contributed by atoms with E-state index in [1.807, 2.05) is 0 Å². The minimum absolute atomic E-state index is 0.0335. The number of likely N-dealkylation sites (tertiary alicyclic amines) is 1. The monoisotopic (exact) mass is 472 g/mol. The van der Waals surface area contributed by atoms with Gasteiger partial charge in [-0.25, -0.2) is 0 Å². The van der Waals surface area contributed by atoms with Crippen molar-refractivity contribution < 1.29 is 34.0 Å². The van der Waals surface area contributed by atoms with Crippen molar-refractivity contribution in [2.45, 2.75) is 51.6 Å². The van der Waals surface area contributed by atoms with E-state index in [-0.39, 0.29) is 46.4 Å². The number of nitrogens with zero attached hydrogens (tertiary/aromatic N) is 1. The lowest BCUT2D eigenvalue weighted by atomic mass is 10.1. The number of hydrogen-bond donors (Lipinski definition) is 4. The van der Waals surface area contributed by atoms with Crippen LogP contribution >= 0.6 is 23.4 Å². The van der Waals surface area contributed by atoms with Crippen molar-refractivity contribution >= 4 is 46.4 Å². The zero-order chi connectivity index (χ0) is 23.2. The molecule has 1 aromatic rings. The molecule has 4 N–H and O–H groups in total. The molecule has 170 valence electrons. The molecule has 0 radical (unpaired) electrons. The number of carbonyl (C=O) groups excluding carboxylic acids is 3. The zero-order valence-electron chi connectivity index (χ0n) is 17.4. The molecule has 0 aliphatic carbocycles. The lowest BCUT2D eigenvalue weighted by Gasteiger charge is -2.31. The van der Waals surface area contributed by atoms with E-state index in [0.717, 1.165) is 11.8 Å². The zero-order valence-corrected chi connectivity index (χ0v) is 19.0. The maximum absolute atomic E-state index is 12.6. The van der Waals surface area contributed by atoms with Gasteiger partial charge in [0.15, 0.2) is 0 Å². The van der Waals surface area contributed by atoms with Crippen LogP contribution in [0.2, 0.25) is 5.02 Å². The highest BCUT2D eigenvalue weighted by molar-refractivity contribution is 8.13. The standard InChI is InChI=1S/C20H26ClN3O6S/c1-12-4-3-8-24(12,20(29)30)23-18(27)7-9-31-19(28)16(22-13(2)25)11-14-5-6-17(26)15(21)10-14/h5-6,10,12,16H,3-4,7-9,11H2,1-2H3,(H3-,22,23,25,26,27,29,30)/p+1/t12-,16+,24?/m1/s1. The summed E-state index contributed by atoms with van der Waals surface area (Å²) < 4.78 is -0.492. The Hall–Kier alpha value is -2.30.